The minimum atomic E-state index is -0.0648. The molecular weight excluding hydrogens is 52.0 g/mol. The van der Waals surface area contributed by atoms with E-state index in [1.54, 1.807) is 0 Å². The fraction of sp³-hybridized carbons (Fsp3) is 0.500. The molecule has 4 heavy (non-hydrogen) atoms. The summed E-state index contributed by atoms with van der Waals surface area (Å²) in [6.45, 7) is 1.39. The van der Waals surface area contributed by atoms with Gasteiger partial charge in [0, 0.05) is 6.92 Å². The first-order valence-corrected chi connectivity index (χ1v) is 0.924. The van der Waals surface area contributed by atoms with Crippen molar-refractivity contribution in [3.8, 4) is 0 Å². The van der Waals surface area contributed by atoms with E-state index in [1.165, 1.54) is 6.92 Å². The highest BCUT2D eigenvalue weighted by Gasteiger charge is 1.38. The second kappa shape index (κ2) is 2.38. The van der Waals surface area contributed by atoms with Crippen LogP contribution >= 0.6 is 0 Å². The molecule has 0 saturated heterocycles. The fourth-order valence-corrected chi connectivity index (χ4v) is 0. The summed E-state index contributed by atoms with van der Waals surface area (Å²) in [6.07, 6.45) is -0.0648. The van der Waals surface area contributed by atoms with E-state index >= 15 is 0 Å². The van der Waals surface area contributed by atoms with Crippen LogP contribution in [0.3, 0.4) is 0 Å². The lowest BCUT2D eigenvalue weighted by molar-refractivity contribution is 0.00298. The van der Waals surface area contributed by atoms with Crippen molar-refractivity contribution in [1.82, 2.24) is 0 Å². The maximum atomic E-state index is 7.54. The number of nitrogens with zero attached hydrogens (tertiary/aromatic N) is 2. The highest BCUT2D eigenvalue weighted by molar-refractivity contribution is 5.45. The monoisotopic (exact) mass is 57.0 g/mol. The van der Waals surface area contributed by atoms with Gasteiger partial charge in [-0.25, -0.2) is 0 Å². The third-order valence-corrected chi connectivity index (χ3v) is 0.100. The maximum Gasteiger partial charge on any atom is 0.254 e. The van der Waals surface area contributed by atoms with Crippen LogP contribution in [0, 0.1) is 0 Å². The van der Waals surface area contributed by atoms with Gasteiger partial charge in [0.1, 0.15) is 0 Å². The summed E-state index contributed by atoms with van der Waals surface area (Å²) < 4.78 is 6.33. The van der Waals surface area contributed by atoms with Gasteiger partial charge in [-0.2, -0.15) is 4.79 Å². The first kappa shape index (κ1) is 1.68. The molecule has 0 N–H and O–H groups in total. The topological polar surface area (TPSA) is 36.4 Å². The summed E-state index contributed by atoms with van der Waals surface area (Å²) in [7, 11) is 0. The van der Waals surface area contributed by atoms with E-state index in [1.807, 2.05) is 0 Å². The molecule has 0 heterocycles. The largest absolute Gasteiger partial charge is 0.362 e. The van der Waals surface area contributed by atoms with Gasteiger partial charge in [0.15, 0.2) is 1.37 Å². The van der Waals surface area contributed by atoms with E-state index < -0.39 is 0 Å². The van der Waals surface area contributed by atoms with Gasteiger partial charge in [0.05, 0.1) is 0 Å². The molecule has 0 unspecified atom stereocenters. The average Bonchev–Trinajstić information content (AvgIpc) is 1.38. The van der Waals surface area contributed by atoms with Crippen LogP contribution in [0.15, 0.2) is 0 Å². The van der Waals surface area contributed by atoms with Crippen LogP contribution in [0.2, 0.25) is 0 Å². The summed E-state index contributed by atoms with van der Waals surface area (Å²) in [5.74, 6) is 0. The summed E-state index contributed by atoms with van der Waals surface area (Å²) in [5, 5.41) is 0. The van der Waals surface area contributed by atoms with Gasteiger partial charge in [0.25, 0.3) is 6.19 Å². The van der Waals surface area contributed by atoms with Crippen molar-refractivity contribution in [3.05, 3.63) is 5.53 Å². The van der Waals surface area contributed by atoms with Gasteiger partial charge in [-0.05, 0) is 0 Å². The molecule has 0 spiro atoms. The molecular formula is C2H4N2. The zero-order chi connectivity index (χ0) is 4.28. The molecule has 0 bridgehead atoms. The molecule has 0 rings (SSSR count). The predicted octanol–water partition coefficient (Wildman–Crippen LogP) is 0.307. The molecule has 0 aromatic heterocycles. The van der Waals surface area contributed by atoms with Crippen molar-refractivity contribution in [2.45, 2.75) is 6.92 Å². The minimum absolute atomic E-state index is 0.0648. The first-order valence-electron chi connectivity index (χ1n) is 1.42. The molecule has 2 nitrogen and oxygen atoms in total. The Morgan fingerprint density at radius 3 is 2.75 bits per heavy atom. The van der Waals surface area contributed by atoms with Gasteiger partial charge in [0.2, 0.25) is 0 Å². The average molecular weight is 57.1 g/mol. The molecule has 22 valence electrons. The maximum absolute atomic E-state index is 7.54. The van der Waals surface area contributed by atoms with Crippen LogP contribution in [0.5, 0.6) is 0 Å². The van der Waals surface area contributed by atoms with Crippen LogP contribution in [-0.2, 0) is 0 Å². The lowest BCUT2D eigenvalue weighted by Gasteiger charge is -1.31. The molecule has 0 aromatic carbocycles. The van der Waals surface area contributed by atoms with E-state index in [-0.39, 0.29) is 6.19 Å². The zero-order valence-corrected chi connectivity index (χ0v) is 2.39. The Balaban J connectivity index is 3.60. The Labute approximate surface area is 26.1 Å². The third-order valence-electron chi connectivity index (χ3n) is 0.100. The minimum Gasteiger partial charge on any atom is -0.362 e. The highest BCUT2D eigenvalue weighted by Crippen LogP contribution is 1.19. The lowest BCUT2D eigenvalue weighted by atomic mass is 10.9. The quantitative estimate of drug-likeness (QED) is 0.218. The second-order valence-corrected chi connectivity index (χ2v) is 0.324. The van der Waals surface area contributed by atoms with Crippen molar-refractivity contribution < 1.29 is 6.16 Å². The van der Waals surface area contributed by atoms with Crippen molar-refractivity contribution in [2.24, 2.45) is 0 Å². The van der Waals surface area contributed by atoms with Gasteiger partial charge >= 0.3 is 0 Å². The van der Waals surface area contributed by atoms with Crippen LogP contribution < -0.4 is 0 Å². The molecule has 2 heteroatoms. The normalized spacial score (nSPS) is 7.75. The molecule has 0 fully saturated rings. The predicted molar refractivity (Wildman–Crippen MR) is 15.4 cm³/mol. The SMILES string of the molecule is [2H]C(C)=[N+]=[N-]. The standard InChI is InChI=1S/C2H4N2/c1-2-4-3/h2H,1H3/i2D. The van der Waals surface area contributed by atoms with Crippen molar-refractivity contribution in [2.75, 3.05) is 0 Å². The molecule has 0 saturated carbocycles. The van der Waals surface area contributed by atoms with E-state index in [0.29, 0.717) is 0 Å². The highest BCUT2D eigenvalue weighted by atomic mass is 14.8. The summed E-state index contributed by atoms with van der Waals surface area (Å²) >= 11 is 0. The number of rotatable bonds is 0. The number of hydrogen-bond acceptors (Lipinski definition) is 0. The Morgan fingerprint density at radius 2 is 2.75 bits per heavy atom. The van der Waals surface area contributed by atoms with Crippen molar-refractivity contribution >= 4 is 6.19 Å². The van der Waals surface area contributed by atoms with E-state index in [2.05, 4.69) is 4.79 Å². The Morgan fingerprint density at radius 1 is 2.50 bits per heavy atom. The lowest BCUT2D eigenvalue weighted by Crippen LogP contribution is -1.48. The molecule has 0 aliphatic rings. The zero-order valence-electron chi connectivity index (χ0n) is 3.39. The van der Waals surface area contributed by atoms with Gasteiger partial charge in [-0.1, -0.05) is 0 Å². The van der Waals surface area contributed by atoms with Gasteiger partial charge < -0.3 is 5.53 Å². The summed E-state index contributed by atoms with van der Waals surface area (Å²) in [5.41, 5.74) is 7.54. The number of hydrogen-bond donors (Lipinski definition) is 0. The van der Waals surface area contributed by atoms with Gasteiger partial charge in [-0.3, -0.25) is 0 Å². The van der Waals surface area contributed by atoms with Crippen molar-refractivity contribution in [3.63, 3.8) is 0 Å². The van der Waals surface area contributed by atoms with Crippen molar-refractivity contribution in [1.29, 1.82) is 0 Å². The Hall–Kier alpha value is -0.620. The van der Waals surface area contributed by atoms with Gasteiger partial charge in [-0.15, -0.1) is 0 Å². The second-order valence-electron chi connectivity index (χ2n) is 0.324. The molecule has 0 radical (unpaired) electrons. The van der Waals surface area contributed by atoms with Crippen LogP contribution in [0.4, 0.5) is 0 Å². The van der Waals surface area contributed by atoms with E-state index in [0.717, 1.165) is 0 Å². The smallest absolute Gasteiger partial charge is 0.254 e. The summed E-state index contributed by atoms with van der Waals surface area (Å²) in [6, 6.07) is 0. The molecule has 0 atom stereocenters. The molecule has 0 aromatic rings. The Bertz CT molecular complexity index is 67.7. The Kier molecular flexibility index (Phi) is 0.997. The van der Waals surface area contributed by atoms with E-state index in [9.17, 15) is 0 Å². The molecule has 0 aliphatic carbocycles. The van der Waals surface area contributed by atoms with Crippen LogP contribution in [0.1, 0.15) is 8.29 Å². The molecule has 0 aliphatic heterocycles. The summed E-state index contributed by atoms with van der Waals surface area (Å²) in [4.78, 5) is 2.47. The van der Waals surface area contributed by atoms with Crippen LogP contribution in [-0.4, -0.2) is 11.0 Å². The first-order chi connectivity index (χ1) is 2.27. The van der Waals surface area contributed by atoms with Crippen LogP contribution in [0.25, 0.3) is 5.53 Å². The van der Waals surface area contributed by atoms with E-state index in [4.69, 9.17) is 6.90 Å². The third kappa shape index (κ3) is 1.38. The fourth-order valence-electron chi connectivity index (χ4n) is 0. The molecule has 0 amide bonds.